The van der Waals surface area contributed by atoms with Crippen molar-refractivity contribution in [1.29, 1.82) is 0 Å². The van der Waals surface area contributed by atoms with E-state index in [1.807, 2.05) is 36.4 Å². The summed E-state index contributed by atoms with van der Waals surface area (Å²) in [6, 6.07) is 18.1. The van der Waals surface area contributed by atoms with Gasteiger partial charge in [-0.3, -0.25) is 14.5 Å². The first kappa shape index (κ1) is 12.8. The molecular formula is C15H14N2O2. The molecule has 0 fully saturated rings. The van der Waals surface area contributed by atoms with E-state index < -0.39 is 11.8 Å². The normalized spacial score (nSPS) is 9.74. The lowest BCUT2D eigenvalue weighted by Crippen LogP contribution is -2.39. The van der Waals surface area contributed by atoms with Crippen molar-refractivity contribution in [3.8, 4) is 0 Å². The molecule has 0 saturated carbocycles. The maximum atomic E-state index is 12.2. The molecule has 4 heteroatoms. The average molecular weight is 254 g/mol. The Balaban J connectivity index is 2.46. The first-order valence-electron chi connectivity index (χ1n) is 5.90. The molecule has 2 amide bonds. The summed E-state index contributed by atoms with van der Waals surface area (Å²) in [5.74, 6) is -1.26. The van der Waals surface area contributed by atoms with E-state index in [2.05, 4.69) is 5.32 Å². The number of carbonyl (C=O) groups is 2. The fourth-order valence-corrected chi connectivity index (χ4v) is 1.75. The van der Waals surface area contributed by atoms with Crippen molar-refractivity contribution in [2.45, 2.75) is 0 Å². The highest BCUT2D eigenvalue weighted by atomic mass is 16.2. The maximum absolute atomic E-state index is 12.2. The van der Waals surface area contributed by atoms with Crippen molar-refractivity contribution in [2.75, 3.05) is 11.9 Å². The zero-order valence-electron chi connectivity index (χ0n) is 10.5. The van der Waals surface area contributed by atoms with E-state index in [9.17, 15) is 9.59 Å². The molecule has 1 N–H and O–H groups in total. The molecule has 4 nitrogen and oxygen atoms in total. The van der Waals surface area contributed by atoms with Gasteiger partial charge in [-0.15, -0.1) is 0 Å². The predicted octanol–water partition coefficient (Wildman–Crippen LogP) is 2.10. The summed E-state index contributed by atoms with van der Waals surface area (Å²) in [7, 11) is 1.44. The van der Waals surface area contributed by atoms with Crippen molar-refractivity contribution >= 4 is 23.2 Å². The molecule has 0 aliphatic rings. The van der Waals surface area contributed by atoms with Crippen molar-refractivity contribution in [2.24, 2.45) is 0 Å². The third-order valence-corrected chi connectivity index (χ3v) is 2.65. The van der Waals surface area contributed by atoms with Crippen molar-refractivity contribution in [3.63, 3.8) is 0 Å². The summed E-state index contributed by atoms with van der Waals surface area (Å²) in [6.45, 7) is 0. The van der Waals surface area contributed by atoms with Gasteiger partial charge in [-0.1, -0.05) is 36.4 Å². The lowest BCUT2D eigenvalue weighted by Gasteiger charge is -2.21. The Morgan fingerprint density at radius 1 is 0.842 bits per heavy atom. The molecule has 2 rings (SSSR count). The Morgan fingerprint density at radius 3 is 1.63 bits per heavy atom. The van der Waals surface area contributed by atoms with Gasteiger partial charge in [0, 0.05) is 18.4 Å². The van der Waals surface area contributed by atoms with Crippen LogP contribution in [-0.4, -0.2) is 18.9 Å². The standard InChI is InChI=1S/C15H14N2O2/c1-16-14(18)15(19)17(12-8-4-2-5-9-12)13-10-6-3-7-11-13/h2-11H,1H3,(H,16,18). The molecule has 0 radical (unpaired) electrons. The SMILES string of the molecule is CNC(=O)C(=O)N(c1ccccc1)c1ccccc1. The second-order valence-electron chi connectivity index (χ2n) is 3.89. The average Bonchev–Trinajstić information content (AvgIpc) is 2.49. The van der Waals surface area contributed by atoms with Gasteiger partial charge >= 0.3 is 11.8 Å². The smallest absolute Gasteiger partial charge is 0.320 e. The highest BCUT2D eigenvalue weighted by Gasteiger charge is 2.23. The molecule has 0 aromatic heterocycles. The molecular weight excluding hydrogens is 240 g/mol. The highest BCUT2D eigenvalue weighted by molar-refractivity contribution is 6.41. The Kier molecular flexibility index (Phi) is 3.93. The molecule has 0 spiro atoms. The van der Waals surface area contributed by atoms with E-state index in [1.54, 1.807) is 24.3 Å². The summed E-state index contributed by atoms with van der Waals surface area (Å²) in [5.41, 5.74) is 1.31. The van der Waals surface area contributed by atoms with Crippen LogP contribution in [0, 0.1) is 0 Å². The van der Waals surface area contributed by atoms with Crippen LogP contribution in [0.1, 0.15) is 0 Å². The monoisotopic (exact) mass is 254 g/mol. The lowest BCUT2D eigenvalue weighted by atomic mass is 10.2. The van der Waals surface area contributed by atoms with Crippen molar-refractivity contribution < 1.29 is 9.59 Å². The number of anilines is 2. The highest BCUT2D eigenvalue weighted by Crippen LogP contribution is 2.24. The molecule has 19 heavy (non-hydrogen) atoms. The number of para-hydroxylation sites is 2. The fourth-order valence-electron chi connectivity index (χ4n) is 1.75. The fraction of sp³-hybridized carbons (Fsp3) is 0.0667. The quantitative estimate of drug-likeness (QED) is 0.834. The number of amides is 2. The molecule has 2 aromatic carbocycles. The Morgan fingerprint density at radius 2 is 1.26 bits per heavy atom. The summed E-state index contributed by atoms with van der Waals surface area (Å²) in [4.78, 5) is 25.2. The van der Waals surface area contributed by atoms with Gasteiger partial charge in [0.1, 0.15) is 0 Å². The first-order chi connectivity index (χ1) is 9.24. The number of carbonyl (C=O) groups excluding carboxylic acids is 2. The molecule has 0 aliphatic heterocycles. The van der Waals surface area contributed by atoms with Crippen LogP contribution in [-0.2, 0) is 9.59 Å². The van der Waals surface area contributed by atoms with Crippen LogP contribution in [0.25, 0.3) is 0 Å². The van der Waals surface area contributed by atoms with Gasteiger partial charge in [0.05, 0.1) is 0 Å². The van der Waals surface area contributed by atoms with Gasteiger partial charge in [0.2, 0.25) is 0 Å². The van der Waals surface area contributed by atoms with Crippen LogP contribution in [0.15, 0.2) is 60.7 Å². The van der Waals surface area contributed by atoms with Crippen molar-refractivity contribution in [1.82, 2.24) is 5.32 Å². The summed E-state index contributed by atoms with van der Waals surface area (Å²) in [5, 5.41) is 2.35. The molecule has 0 unspecified atom stereocenters. The van der Waals surface area contributed by atoms with Gasteiger partial charge in [-0.2, -0.15) is 0 Å². The number of nitrogens with one attached hydrogen (secondary N) is 1. The van der Waals surface area contributed by atoms with Gasteiger partial charge in [-0.25, -0.2) is 0 Å². The van der Waals surface area contributed by atoms with E-state index in [4.69, 9.17) is 0 Å². The van der Waals surface area contributed by atoms with Gasteiger partial charge < -0.3 is 5.32 Å². The summed E-state index contributed by atoms with van der Waals surface area (Å²) in [6.07, 6.45) is 0. The number of hydrogen-bond donors (Lipinski definition) is 1. The minimum atomic E-state index is -0.646. The number of rotatable bonds is 2. The predicted molar refractivity (Wildman–Crippen MR) is 74.1 cm³/mol. The largest absolute Gasteiger partial charge is 0.351 e. The van der Waals surface area contributed by atoms with Crippen LogP contribution in [0.5, 0.6) is 0 Å². The zero-order valence-corrected chi connectivity index (χ0v) is 10.5. The van der Waals surface area contributed by atoms with Gasteiger partial charge in [0.25, 0.3) is 0 Å². The van der Waals surface area contributed by atoms with Crippen LogP contribution in [0.4, 0.5) is 11.4 Å². The van der Waals surface area contributed by atoms with E-state index in [0.717, 1.165) is 0 Å². The molecule has 0 saturated heterocycles. The summed E-state index contributed by atoms with van der Waals surface area (Å²) < 4.78 is 0. The van der Waals surface area contributed by atoms with E-state index >= 15 is 0 Å². The van der Waals surface area contributed by atoms with Gasteiger partial charge in [-0.05, 0) is 24.3 Å². The molecule has 0 heterocycles. The number of likely N-dealkylation sites (N-methyl/N-ethyl adjacent to an activating group) is 1. The topological polar surface area (TPSA) is 49.4 Å². The summed E-state index contributed by atoms with van der Waals surface area (Å²) >= 11 is 0. The minimum absolute atomic E-state index is 0.611. The van der Waals surface area contributed by atoms with Crippen LogP contribution >= 0.6 is 0 Å². The zero-order chi connectivity index (χ0) is 13.7. The second-order valence-corrected chi connectivity index (χ2v) is 3.89. The molecule has 96 valence electrons. The minimum Gasteiger partial charge on any atom is -0.351 e. The number of nitrogens with zero attached hydrogens (tertiary/aromatic N) is 1. The Labute approximate surface area is 111 Å². The maximum Gasteiger partial charge on any atom is 0.320 e. The van der Waals surface area contributed by atoms with Gasteiger partial charge in [0.15, 0.2) is 0 Å². The third kappa shape index (κ3) is 2.80. The van der Waals surface area contributed by atoms with E-state index in [-0.39, 0.29) is 0 Å². The Bertz CT molecular complexity index is 528. The van der Waals surface area contributed by atoms with Crippen LogP contribution in [0.3, 0.4) is 0 Å². The first-order valence-corrected chi connectivity index (χ1v) is 5.90. The molecule has 0 bridgehead atoms. The number of benzene rings is 2. The van der Waals surface area contributed by atoms with E-state index in [0.29, 0.717) is 11.4 Å². The molecule has 0 aliphatic carbocycles. The van der Waals surface area contributed by atoms with Crippen LogP contribution in [0.2, 0.25) is 0 Å². The second kappa shape index (κ2) is 5.82. The molecule has 2 aromatic rings. The Hall–Kier alpha value is -2.62. The number of hydrogen-bond acceptors (Lipinski definition) is 2. The third-order valence-electron chi connectivity index (χ3n) is 2.65. The van der Waals surface area contributed by atoms with Crippen molar-refractivity contribution in [3.05, 3.63) is 60.7 Å². The molecule has 0 atom stereocenters. The van der Waals surface area contributed by atoms with Crippen LogP contribution < -0.4 is 10.2 Å². The van der Waals surface area contributed by atoms with E-state index in [1.165, 1.54) is 11.9 Å². The lowest BCUT2D eigenvalue weighted by molar-refractivity contribution is -0.136.